The molecule has 12 aromatic carbocycles. The van der Waals surface area contributed by atoms with Crippen LogP contribution >= 0.6 is 0 Å². The summed E-state index contributed by atoms with van der Waals surface area (Å²) < 4.78 is 124. The number of hydrogen-bond acceptors (Lipinski definition) is 3. The first-order valence-electron chi connectivity index (χ1n) is 42.0. The average molecular weight is 1340 g/mol. The van der Waals surface area contributed by atoms with E-state index >= 15 is 0 Å². The van der Waals surface area contributed by atoms with Crippen LogP contribution in [0.5, 0.6) is 0 Å². The molecule has 502 valence electrons. The van der Waals surface area contributed by atoms with Gasteiger partial charge in [0.05, 0.1) is 45.9 Å². The Balaban J connectivity index is 1.17. The number of aromatic nitrogens is 2. The van der Waals surface area contributed by atoms with Gasteiger partial charge in [-0.3, -0.25) is 4.98 Å². The molecule has 4 heterocycles. The fourth-order valence-corrected chi connectivity index (χ4v) is 15.2. The number of hydrogen-bond donors (Lipinski definition) is 0. The first kappa shape index (κ1) is 52.3. The summed E-state index contributed by atoms with van der Waals surface area (Å²) in [6, 6.07) is 64.1. The van der Waals surface area contributed by atoms with Gasteiger partial charge in [0.1, 0.15) is 0 Å². The molecule has 0 aliphatic carbocycles. The largest absolute Gasteiger partial charge is 0.310 e. The zero-order valence-electron chi connectivity index (χ0n) is 73.9. The van der Waals surface area contributed by atoms with Crippen LogP contribution < -0.4 is 26.2 Å². The standard InChI is InChI=1S/C97H91BN4/c1-93(2,3)69-42-32-41-66(53-69)68-55-86-89-87(56-68)102(90-76(63-35-22-17-23-36-63)57-70(94(4,5)6)58-77(90)64-37-24-18-25-38-64)85-61-72(100-82-45-30-28-43-73(82)74-44-29-31-46-83(74)100)48-51-81(85)98(89)80-50-47-67(62-33-20-16-21-34-62)54-84(80)101(86)91-78(65-39-26-19-27-40-65)59-71(95(7,8)9)60-79(91)75-49-52-88(96(10,11)12)99-92(75)97(13,14)15/h16-61H,1-15H3/i16D,20D,21D,28D,29D,30D,31D,33D,34D,43D,44D,45D,46D. The third kappa shape index (κ3) is 11.5. The van der Waals surface area contributed by atoms with Crippen molar-refractivity contribution >= 4 is 79.0 Å². The summed E-state index contributed by atoms with van der Waals surface area (Å²) in [7, 11) is 0. The van der Waals surface area contributed by atoms with E-state index in [1.807, 2.05) is 42.5 Å². The fourth-order valence-electron chi connectivity index (χ4n) is 15.2. The van der Waals surface area contributed by atoms with Gasteiger partial charge in [0.2, 0.25) is 0 Å². The molecule has 0 amide bonds. The quantitative estimate of drug-likeness (QED) is 0.135. The Labute approximate surface area is 623 Å². The maximum atomic E-state index is 9.89. The van der Waals surface area contributed by atoms with Crippen molar-refractivity contribution in [3.63, 3.8) is 0 Å². The van der Waals surface area contributed by atoms with E-state index in [4.69, 9.17) is 9.10 Å². The van der Waals surface area contributed by atoms with Crippen LogP contribution in [0.4, 0.5) is 34.1 Å². The van der Waals surface area contributed by atoms with Crippen molar-refractivity contribution in [2.45, 2.75) is 131 Å². The summed E-state index contributed by atoms with van der Waals surface area (Å²) in [5, 5.41) is -0.0986. The van der Waals surface area contributed by atoms with E-state index < -0.39 is 89.4 Å². The lowest BCUT2D eigenvalue weighted by molar-refractivity contribution is 0.532. The fraction of sp³-hybridized carbons (Fsp3) is 0.206. The Hall–Kier alpha value is -10.7. The predicted molar refractivity (Wildman–Crippen MR) is 439 cm³/mol. The monoisotopic (exact) mass is 1340 g/mol. The molecule has 0 bridgehead atoms. The van der Waals surface area contributed by atoms with Crippen LogP contribution in [-0.4, -0.2) is 16.3 Å². The second-order valence-corrected chi connectivity index (χ2v) is 32.7. The smallest absolute Gasteiger partial charge is 0.252 e. The van der Waals surface area contributed by atoms with E-state index in [0.29, 0.717) is 22.6 Å². The Morgan fingerprint density at radius 2 is 0.755 bits per heavy atom. The van der Waals surface area contributed by atoms with Crippen LogP contribution in [0.25, 0.3) is 94.3 Å². The third-order valence-electron chi connectivity index (χ3n) is 20.5. The average Bonchev–Trinajstić information content (AvgIpc) is 1.01. The molecule has 0 unspecified atom stereocenters. The van der Waals surface area contributed by atoms with Gasteiger partial charge in [0.25, 0.3) is 6.71 Å². The van der Waals surface area contributed by atoms with Crippen LogP contribution in [0.3, 0.4) is 0 Å². The molecule has 2 aromatic heterocycles. The van der Waals surface area contributed by atoms with Crippen molar-refractivity contribution in [1.29, 1.82) is 0 Å². The number of pyridine rings is 1. The maximum Gasteiger partial charge on any atom is 0.252 e. The number of rotatable bonds is 9. The zero-order valence-corrected chi connectivity index (χ0v) is 60.9. The summed E-state index contributed by atoms with van der Waals surface area (Å²) in [5.41, 5.74) is 19.6. The first-order valence-corrected chi connectivity index (χ1v) is 35.5. The number of para-hydroxylation sites is 2. The molecule has 2 aliphatic heterocycles. The Kier molecular flexibility index (Phi) is 12.6. The maximum absolute atomic E-state index is 9.89. The van der Waals surface area contributed by atoms with Gasteiger partial charge >= 0.3 is 0 Å². The van der Waals surface area contributed by atoms with E-state index in [0.717, 1.165) is 123 Å². The highest BCUT2D eigenvalue weighted by Gasteiger charge is 2.47. The van der Waals surface area contributed by atoms with Gasteiger partial charge in [-0.1, -0.05) is 310 Å². The SMILES string of the molecule is [2H]c1c([2H])c([2H])c(-c2ccc3c(c2)N(c2c(-c4ccccc4)cc(C(C)(C)C)cc2-c2ccc(C(C)(C)C)nc2C(C)(C)C)c2cc(-c4cccc(C(C)(C)C)c4)cc4c2B3c2ccc(-n3c5c([2H])c([2H])c([2H])c([2H])c5c5c([2H])c([2H])c([2H])c([2H])c53)cc2N4c2c(-c3ccccc3)cc(C(C)(C)C)cc2-c2ccccc2)c([2H])c1[2H]. The lowest BCUT2D eigenvalue weighted by atomic mass is 9.33. The molecule has 16 rings (SSSR count). The van der Waals surface area contributed by atoms with Crippen molar-refractivity contribution in [2.75, 3.05) is 9.80 Å². The van der Waals surface area contributed by atoms with Crippen LogP contribution in [-0.2, 0) is 27.1 Å². The zero-order chi connectivity index (χ0) is 82.3. The van der Waals surface area contributed by atoms with Gasteiger partial charge in [0, 0.05) is 83.6 Å². The summed E-state index contributed by atoms with van der Waals surface area (Å²) in [6.45, 7) is 32.5. The van der Waals surface area contributed by atoms with Crippen molar-refractivity contribution in [2.24, 2.45) is 0 Å². The molecule has 102 heavy (non-hydrogen) atoms. The number of nitrogens with zero attached hydrogens (tertiary/aromatic N) is 4. The van der Waals surface area contributed by atoms with Gasteiger partial charge in [0.15, 0.2) is 0 Å². The molecule has 2 aliphatic rings. The molecule has 0 fully saturated rings. The minimum absolute atomic E-state index is 0.0253. The van der Waals surface area contributed by atoms with Gasteiger partial charge in [-0.25, -0.2) is 0 Å². The molecule has 0 saturated heterocycles. The molecule has 0 spiro atoms. The van der Waals surface area contributed by atoms with Crippen LogP contribution in [0.1, 0.15) is 150 Å². The van der Waals surface area contributed by atoms with Gasteiger partial charge < -0.3 is 14.4 Å². The summed E-state index contributed by atoms with van der Waals surface area (Å²) in [4.78, 5) is 10.5. The highest BCUT2D eigenvalue weighted by molar-refractivity contribution is 7.00. The Morgan fingerprint density at radius 3 is 1.25 bits per heavy atom. The summed E-state index contributed by atoms with van der Waals surface area (Å²) in [5.74, 6) is 0. The van der Waals surface area contributed by atoms with E-state index in [2.05, 4.69) is 271 Å². The van der Waals surface area contributed by atoms with Gasteiger partial charge in [-0.05, 0) is 161 Å². The highest BCUT2D eigenvalue weighted by Crippen LogP contribution is 2.56. The predicted octanol–water partition coefficient (Wildman–Crippen LogP) is 24.8. The first-order chi connectivity index (χ1) is 54.2. The van der Waals surface area contributed by atoms with Gasteiger partial charge in [-0.15, -0.1) is 0 Å². The molecular weight excluding hydrogens is 1230 g/mol. The second kappa shape index (κ2) is 24.5. The van der Waals surface area contributed by atoms with Crippen molar-refractivity contribution in [3.05, 3.63) is 307 Å². The molecule has 0 radical (unpaired) electrons. The van der Waals surface area contributed by atoms with Gasteiger partial charge in [-0.2, -0.15) is 0 Å². The lowest BCUT2D eigenvalue weighted by Crippen LogP contribution is -2.61. The summed E-state index contributed by atoms with van der Waals surface area (Å²) in [6.07, 6.45) is 0. The molecule has 14 aromatic rings. The van der Waals surface area contributed by atoms with Crippen LogP contribution in [0.15, 0.2) is 279 Å². The van der Waals surface area contributed by atoms with E-state index in [9.17, 15) is 13.7 Å². The molecule has 0 saturated carbocycles. The summed E-state index contributed by atoms with van der Waals surface area (Å²) >= 11 is 0. The molecule has 5 heteroatoms. The van der Waals surface area contributed by atoms with E-state index in [1.54, 1.807) is 4.57 Å². The number of fused-ring (bicyclic) bond motifs is 7. The Morgan fingerprint density at radius 1 is 0.314 bits per heavy atom. The minimum Gasteiger partial charge on any atom is -0.310 e. The second-order valence-electron chi connectivity index (χ2n) is 32.7. The van der Waals surface area contributed by atoms with Crippen molar-refractivity contribution < 1.29 is 17.8 Å². The van der Waals surface area contributed by atoms with Crippen LogP contribution in [0, 0.1) is 0 Å². The molecule has 0 N–H and O–H groups in total. The van der Waals surface area contributed by atoms with Crippen LogP contribution in [0.2, 0.25) is 0 Å². The van der Waals surface area contributed by atoms with E-state index in [-0.39, 0.29) is 50.3 Å². The topological polar surface area (TPSA) is 24.3 Å². The molecular formula is C97H91BN4. The Bertz CT molecular complexity index is 6250. The third-order valence-corrected chi connectivity index (χ3v) is 20.5. The van der Waals surface area contributed by atoms with Crippen molar-refractivity contribution in [1.82, 2.24) is 9.55 Å². The van der Waals surface area contributed by atoms with Crippen molar-refractivity contribution in [3.8, 4) is 72.4 Å². The lowest BCUT2D eigenvalue weighted by Gasteiger charge is -2.46. The number of anilines is 6. The molecule has 0 atom stereocenters. The molecule has 4 nitrogen and oxygen atoms in total. The normalized spacial score (nSPS) is 15.0. The minimum atomic E-state index is -0.724. The van der Waals surface area contributed by atoms with E-state index in [1.165, 1.54) is 0 Å². The number of benzene rings is 12. The highest BCUT2D eigenvalue weighted by atomic mass is 15.2.